The lowest BCUT2D eigenvalue weighted by molar-refractivity contribution is 0.0490. The second-order valence-electron chi connectivity index (χ2n) is 7.66. The summed E-state index contributed by atoms with van der Waals surface area (Å²) in [6.45, 7) is 8.99. The molecule has 1 unspecified atom stereocenters. The second kappa shape index (κ2) is 9.46. The van der Waals surface area contributed by atoms with Gasteiger partial charge in [-0.2, -0.15) is 0 Å². The summed E-state index contributed by atoms with van der Waals surface area (Å²) in [4.78, 5) is 29.6. The highest BCUT2D eigenvalue weighted by Crippen LogP contribution is 2.28. The summed E-state index contributed by atoms with van der Waals surface area (Å²) in [7, 11) is 0. The molecule has 0 aliphatic rings. The predicted octanol–water partition coefficient (Wildman–Crippen LogP) is 5.62. The van der Waals surface area contributed by atoms with Gasteiger partial charge in [0.05, 0.1) is 22.3 Å². The zero-order chi connectivity index (χ0) is 21.8. The van der Waals surface area contributed by atoms with Crippen LogP contribution in [0.25, 0.3) is 0 Å². The third-order valence-electron chi connectivity index (χ3n) is 3.56. The van der Waals surface area contributed by atoms with Crippen molar-refractivity contribution >= 4 is 35.1 Å². The van der Waals surface area contributed by atoms with Crippen LogP contribution in [0.1, 0.15) is 56.7 Å². The highest BCUT2D eigenvalue weighted by atomic mass is 35.5. The molecule has 0 aliphatic heterocycles. The summed E-state index contributed by atoms with van der Waals surface area (Å²) >= 11 is 12.1. The van der Waals surface area contributed by atoms with Crippen LogP contribution in [0.2, 0.25) is 10.0 Å². The zero-order valence-electron chi connectivity index (χ0n) is 17.0. The summed E-state index contributed by atoms with van der Waals surface area (Å²) in [5.74, 6) is 0.119. The van der Waals surface area contributed by atoms with Crippen molar-refractivity contribution < 1.29 is 19.1 Å². The fourth-order valence-electron chi connectivity index (χ4n) is 2.43. The molecule has 156 valence electrons. The summed E-state index contributed by atoms with van der Waals surface area (Å²) in [5, 5.41) is 3.20. The van der Waals surface area contributed by atoms with E-state index < -0.39 is 23.5 Å². The van der Waals surface area contributed by atoms with Gasteiger partial charge in [-0.05, 0) is 64.4 Å². The molecule has 2 rings (SSSR count). The molecule has 1 heterocycles. The number of pyridine rings is 1. The first-order chi connectivity index (χ1) is 13.5. The average molecular weight is 439 g/mol. The number of carbonyl (C=O) groups is 2. The van der Waals surface area contributed by atoms with Crippen molar-refractivity contribution in [2.24, 2.45) is 0 Å². The molecule has 0 radical (unpaired) electrons. The van der Waals surface area contributed by atoms with Crippen LogP contribution < -0.4 is 10.1 Å². The fraction of sp³-hybridized carbons (Fsp3) is 0.381. The SMILES string of the molecule is CC(C)Oc1ccc(C(=O)C(NC(=O)OC(C)(C)C)c2ccc(Cl)c(Cl)c2)nc1. The van der Waals surface area contributed by atoms with E-state index in [9.17, 15) is 9.59 Å². The number of nitrogens with one attached hydrogen (secondary N) is 1. The van der Waals surface area contributed by atoms with Crippen LogP contribution in [0.15, 0.2) is 36.5 Å². The maximum atomic E-state index is 13.1. The summed E-state index contributed by atoms with van der Waals surface area (Å²) in [5.41, 5.74) is -0.101. The number of ketones is 1. The molecule has 1 aromatic carbocycles. The number of nitrogens with zero attached hydrogens (tertiary/aromatic N) is 1. The number of Topliss-reactive ketones (excluding diaryl/α,β-unsaturated/α-hetero) is 1. The van der Waals surface area contributed by atoms with E-state index in [-0.39, 0.29) is 16.8 Å². The van der Waals surface area contributed by atoms with Gasteiger partial charge in [-0.15, -0.1) is 0 Å². The Balaban J connectivity index is 2.33. The van der Waals surface area contributed by atoms with Crippen LogP contribution in [0, 0.1) is 0 Å². The van der Waals surface area contributed by atoms with E-state index in [1.165, 1.54) is 12.3 Å². The first kappa shape index (κ1) is 23.0. The molecule has 0 spiro atoms. The predicted molar refractivity (Wildman–Crippen MR) is 113 cm³/mol. The van der Waals surface area contributed by atoms with Gasteiger partial charge in [-0.3, -0.25) is 4.79 Å². The maximum Gasteiger partial charge on any atom is 0.408 e. The Morgan fingerprint density at radius 2 is 1.76 bits per heavy atom. The molecule has 29 heavy (non-hydrogen) atoms. The second-order valence-corrected chi connectivity index (χ2v) is 8.48. The molecule has 1 amide bonds. The maximum absolute atomic E-state index is 13.1. The highest BCUT2D eigenvalue weighted by Gasteiger charge is 2.28. The number of ether oxygens (including phenoxy) is 2. The third kappa shape index (κ3) is 6.91. The first-order valence-electron chi connectivity index (χ1n) is 9.07. The van der Waals surface area contributed by atoms with E-state index in [0.717, 1.165) is 0 Å². The van der Waals surface area contributed by atoms with E-state index in [1.54, 1.807) is 45.0 Å². The van der Waals surface area contributed by atoms with Gasteiger partial charge in [0.1, 0.15) is 23.1 Å². The van der Waals surface area contributed by atoms with Crippen molar-refractivity contribution in [1.29, 1.82) is 0 Å². The Morgan fingerprint density at radius 3 is 2.28 bits per heavy atom. The van der Waals surface area contributed by atoms with Crippen LogP contribution in [-0.4, -0.2) is 28.6 Å². The molecule has 0 aliphatic carbocycles. The van der Waals surface area contributed by atoms with Crippen LogP contribution in [0.4, 0.5) is 4.79 Å². The van der Waals surface area contributed by atoms with Crippen LogP contribution >= 0.6 is 23.2 Å². The van der Waals surface area contributed by atoms with Crippen LogP contribution in [0.5, 0.6) is 5.75 Å². The van der Waals surface area contributed by atoms with Crippen molar-refractivity contribution in [2.45, 2.75) is 52.4 Å². The lowest BCUT2D eigenvalue weighted by Crippen LogP contribution is -2.38. The van der Waals surface area contributed by atoms with Gasteiger partial charge in [0.25, 0.3) is 0 Å². The smallest absolute Gasteiger partial charge is 0.408 e. The van der Waals surface area contributed by atoms with Crippen molar-refractivity contribution in [3.8, 4) is 5.75 Å². The minimum absolute atomic E-state index is 0.0175. The molecule has 1 N–H and O–H groups in total. The average Bonchev–Trinajstić information content (AvgIpc) is 2.60. The third-order valence-corrected chi connectivity index (χ3v) is 4.30. The standard InChI is InChI=1S/C21H24Cl2N2O4/c1-12(2)28-14-7-9-17(24-11-14)19(26)18(25-20(27)29-21(3,4)5)13-6-8-15(22)16(23)10-13/h6-12,18H,1-5H3,(H,25,27). The number of carbonyl (C=O) groups excluding carboxylic acids is 2. The monoisotopic (exact) mass is 438 g/mol. The fourth-order valence-corrected chi connectivity index (χ4v) is 2.74. The summed E-state index contributed by atoms with van der Waals surface area (Å²) in [6.07, 6.45) is 0.713. The number of alkyl carbamates (subject to hydrolysis) is 1. The lowest BCUT2D eigenvalue weighted by Gasteiger charge is -2.23. The molecule has 1 aromatic heterocycles. The highest BCUT2D eigenvalue weighted by molar-refractivity contribution is 6.42. The molecule has 0 fully saturated rings. The quantitative estimate of drug-likeness (QED) is 0.591. The largest absolute Gasteiger partial charge is 0.489 e. The van der Waals surface area contributed by atoms with Gasteiger partial charge >= 0.3 is 6.09 Å². The Hall–Kier alpha value is -2.31. The molecular formula is C21H24Cl2N2O4. The Bertz CT molecular complexity index is 877. The summed E-state index contributed by atoms with van der Waals surface area (Å²) < 4.78 is 10.8. The molecular weight excluding hydrogens is 415 g/mol. The molecule has 0 saturated carbocycles. The Kier molecular flexibility index (Phi) is 7.49. The number of halogens is 2. The normalized spacial score (nSPS) is 12.4. The summed E-state index contributed by atoms with van der Waals surface area (Å²) in [6, 6.07) is 6.85. The van der Waals surface area contributed by atoms with Gasteiger partial charge in [0.2, 0.25) is 5.78 Å². The number of rotatable bonds is 6. The van der Waals surface area contributed by atoms with Crippen molar-refractivity contribution in [3.63, 3.8) is 0 Å². The van der Waals surface area contributed by atoms with E-state index in [1.807, 2.05) is 13.8 Å². The lowest BCUT2D eigenvalue weighted by atomic mass is 10.0. The first-order valence-corrected chi connectivity index (χ1v) is 9.83. The molecule has 1 atom stereocenters. The van der Waals surface area contributed by atoms with Crippen LogP contribution in [-0.2, 0) is 4.74 Å². The van der Waals surface area contributed by atoms with E-state index in [2.05, 4.69) is 10.3 Å². The topological polar surface area (TPSA) is 77.5 Å². The number of hydrogen-bond donors (Lipinski definition) is 1. The van der Waals surface area contributed by atoms with Crippen molar-refractivity contribution in [2.75, 3.05) is 0 Å². The van der Waals surface area contributed by atoms with Crippen molar-refractivity contribution in [3.05, 3.63) is 57.8 Å². The molecule has 2 aromatic rings. The molecule has 8 heteroatoms. The van der Waals surface area contributed by atoms with Gasteiger partial charge < -0.3 is 14.8 Å². The number of hydrogen-bond acceptors (Lipinski definition) is 5. The van der Waals surface area contributed by atoms with E-state index in [4.69, 9.17) is 32.7 Å². The molecule has 0 saturated heterocycles. The minimum atomic E-state index is -1.05. The van der Waals surface area contributed by atoms with Gasteiger partial charge in [-0.25, -0.2) is 9.78 Å². The van der Waals surface area contributed by atoms with Crippen LogP contribution in [0.3, 0.4) is 0 Å². The van der Waals surface area contributed by atoms with Gasteiger partial charge in [0.15, 0.2) is 0 Å². The number of amides is 1. The van der Waals surface area contributed by atoms with Gasteiger partial charge in [0, 0.05) is 0 Å². The molecule has 6 nitrogen and oxygen atoms in total. The Morgan fingerprint density at radius 1 is 1.07 bits per heavy atom. The zero-order valence-corrected chi connectivity index (χ0v) is 18.5. The number of aromatic nitrogens is 1. The Labute approximate surface area is 180 Å². The minimum Gasteiger partial charge on any atom is -0.489 e. The van der Waals surface area contributed by atoms with E-state index in [0.29, 0.717) is 16.3 Å². The van der Waals surface area contributed by atoms with Gasteiger partial charge in [-0.1, -0.05) is 29.3 Å². The van der Waals surface area contributed by atoms with E-state index >= 15 is 0 Å². The van der Waals surface area contributed by atoms with Crippen molar-refractivity contribution in [1.82, 2.24) is 10.3 Å². The molecule has 0 bridgehead atoms. The number of benzene rings is 1.